The first kappa shape index (κ1) is 37.4. The van der Waals surface area contributed by atoms with Crippen molar-refractivity contribution in [3.63, 3.8) is 0 Å². The van der Waals surface area contributed by atoms with Gasteiger partial charge in [-0.05, 0) is 40.3 Å². The van der Waals surface area contributed by atoms with Gasteiger partial charge in [0, 0.05) is 33.7 Å². The molecule has 5 aromatic rings. The van der Waals surface area contributed by atoms with E-state index in [1.165, 1.54) is 27.9 Å². The molecule has 21 heteroatoms. The second kappa shape index (κ2) is 13.4. The van der Waals surface area contributed by atoms with E-state index in [1.807, 2.05) is 0 Å². The number of anilines is 2. The number of fused-ring (bicyclic) bond motifs is 4. The Balaban J connectivity index is 1.35. The molecule has 53 heavy (non-hydrogen) atoms. The summed E-state index contributed by atoms with van der Waals surface area (Å²) in [7, 11) is -2.31. The fourth-order valence-corrected chi connectivity index (χ4v) is 10.7. The maximum atomic E-state index is 15.5. The van der Waals surface area contributed by atoms with Crippen LogP contribution in [0.5, 0.6) is 0 Å². The number of sulfonamides is 1. The van der Waals surface area contributed by atoms with E-state index in [9.17, 15) is 30.8 Å². The van der Waals surface area contributed by atoms with Gasteiger partial charge in [-0.1, -0.05) is 29.3 Å². The van der Waals surface area contributed by atoms with Gasteiger partial charge in [-0.15, -0.1) is 20.7 Å². The number of amides is 1. The molecule has 0 saturated carbocycles. The third kappa shape index (κ3) is 6.73. The number of aromatic nitrogens is 5. The molecular weight excluding hydrogens is 888 g/mol. The topological polar surface area (TPSA) is 150 Å². The molecule has 280 valence electrons. The number of nitrogens with zero attached hydrogens (tertiary/aromatic N) is 5. The molecule has 4 heterocycles. The minimum atomic E-state index is -3.82. The van der Waals surface area contributed by atoms with Gasteiger partial charge in [0.2, 0.25) is 15.9 Å². The van der Waals surface area contributed by atoms with Crippen molar-refractivity contribution in [1.82, 2.24) is 29.9 Å². The first-order valence-electron chi connectivity index (χ1n) is 15.4. The highest BCUT2D eigenvalue weighted by Crippen LogP contribution is 2.63. The predicted molar refractivity (Wildman–Crippen MR) is 195 cm³/mol. The largest absolute Gasteiger partial charge is 0.396 e. The zero-order valence-corrected chi connectivity index (χ0v) is 31.6. The van der Waals surface area contributed by atoms with Crippen molar-refractivity contribution in [3.8, 4) is 11.1 Å². The number of rotatable bonds is 10. The van der Waals surface area contributed by atoms with Gasteiger partial charge in [-0.2, -0.15) is 19.0 Å². The average molecular weight is 913 g/mol. The maximum absolute atomic E-state index is 15.5. The Bertz CT molecular complexity index is 2480. The third-order valence-corrected chi connectivity index (χ3v) is 13.3. The molecule has 0 spiro atoms. The van der Waals surface area contributed by atoms with E-state index in [0.717, 1.165) is 18.4 Å². The number of carbonyl (C=O) groups excluding carboxylic acids is 1. The summed E-state index contributed by atoms with van der Waals surface area (Å²) in [5.74, 6) is -7.74. The van der Waals surface area contributed by atoms with E-state index >= 15 is 8.78 Å². The number of nitrogen functional groups attached to an aromatic ring is 1. The number of pyridine rings is 1. The SMILES string of the molecule is Cn1nc(NS(C)(=O)=O)c2c(Cl)ccc(-c3cc(N)c(Cl)nc3C(Cc3cc(F)cc(F)c3)NC(=O)Cn3nc(C(F)F)c4c3C(F)(F)[C@@H]3C=I[C@H]43)c21. The molecule has 0 radical (unpaired) electrons. The number of carbonyl (C=O) groups is 1. The van der Waals surface area contributed by atoms with E-state index in [2.05, 4.69) is 25.2 Å². The molecule has 1 amide bonds. The second-order valence-electron chi connectivity index (χ2n) is 12.5. The molecule has 1 unspecified atom stereocenters. The molecule has 2 aliphatic rings. The molecule has 0 bridgehead atoms. The number of aryl methyl sites for hydroxylation is 1. The second-order valence-corrected chi connectivity index (χ2v) is 17.8. The number of hydrogen-bond donors (Lipinski definition) is 3. The molecular formula is C32H25Cl2F6IN8O3S. The van der Waals surface area contributed by atoms with Crippen molar-refractivity contribution < 1.29 is 39.6 Å². The number of hydrogen-bond acceptors (Lipinski definition) is 7. The zero-order valence-electron chi connectivity index (χ0n) is 27.1. The molecule has 1 aliphatic carbocycles. The Hall–Kier alpha value is -3.95. The molecule has 11 nitrogen and oxygen atoms in total. The van der Waals surface area contributed by atoms with Crippen LogP contribution in [0.1, 0.15) is 44.6 Å². The van der Waals surface area contributed by atoms with Crippen LogP contribution >= 0.6 is 43.9 Å². The Morgan fingerprint density at radius 2 is 1.77 bits per heavy atom. The van der Waals surface area contributed by atoms with Crippen LogP contribution in [0, 0.1) is 17.6 Å². The Morgan fingerprint density at radius 1 is 1.08 bits per heavy atom. The molecule has 2 aromatic carbocycles. The molecule has 0 saturated heterocycles. The molecule has 1 aliphatic heterocycles. The van der Waals surface area contributed by atoms with Gasteiger partial charge in [-0.25, -0.2) is 31.0 Å². The van der Waals surface area contributed by atoms with Crippen LogP contribution in [0.4, 0.5) is 37.8 Å². The van der Waals surface area contributed by atoms with Gasteiger partial charge in [0.15, 0.2) is 11.0 Å². The fraction of sp³-hybridized carbons (Fsp3) is 0.281. The summed E-state index contributed by atoms with van der Waals surface area (Å²) in [5.41, 5.74) is 5.16. The number of halogens is 9. The fourth-order valence-electron chi connectivity index (χ4n) is 6.67. The van der Waals surface area contributed by atoms with Crippen LogP contribution in [-0.4, -0.2) is 49.1 Å². The van der Waals surface area contributed by atoms with Gasteiger partial charge in [0.05, 0.1) is 45.5 Å². The Labute approximate surface area is 316 Å². The number of nitrogens with one attached hydrogen (secondary N) is 2. The van der Waals surface area contributed by atoms with Gasteiger partial charge >= 0.3 is 0 Å². The summed E-state index contributed by atoms with van der Waals surface area (Å²) in [6.07, 6.45) is -2.59. The summed E-state index contributed by atoms with van der Waals surface area (Å²) < 4.78 is 117. The highest BCUT2D eigenvalue weighted by atomic mass is 127. The van der Waals surface area contributed by atoms with E-state index in [4.69, 9.17) is 28.9 Å². The Kier molecular flexibility index (Phi) is 9.46. The molecule has 0 fully saturated rings. The van der Waals surface area contributed by atoms with E-state index < -0.39 is 94.5 Å². The summed E-state index contributed by atoms with van der Waals surface area (Å²) in [6, 6.07) is 5.73. The lowest BCUT2D eigenvalue weighted by Crippen LogP contribution is -2.36. The van der Waals surface area contributed by atoms with E-state index in [0.29, 0.717) is 16.3 Å². The zero-order chi connectivity index (χ0) is 38.3. The van der Waals surface area contributed by atoms with E-state index in [1.54, 1.807) is 6.07 Å². The predicted octanol–water partition coefficient (Wildman–Crippen LogP) is 6.96. The quantitative estimate of drug-likeness (QED) is 0.0594. The van der Waals surface area contributed by atoms with Gasteiger partial charge in [0.25, 0.3) is 12.3 Å². The number of alkyl halides is 5. The van der Waals surface area contributed by atoms with Gasteiger partial charge in [-0.3, -0.25) is 18.9 Å². The van der Waals surface area contributed by atoms with Gasteiger partial charge in [0.1, 0.15) is 29.6 Å². The van der Waals surface area contributed by atoms with Crippen LogP contribution < -0.4 is 15.8 Å². The lowest BCUT2D eigenvalue weighted by atomic mass is 9.94. The first-order valence-corrected chi connectivity index (χ1v) is 20.5. The van der Waals surface area contributed by atoms with Crippen LogP contribution in [0.25, 0.3) is 22.0 Å². The standard InChI is InChI=1S/C32H25Cl2F6IN8O3S/c1-48-27-15(3-4-18(33)22(27)31(46-48)47-53(2,51)52)16-9-19(42)29(34)44-25(16)20(7-12-5-13(35)8-14(36)6-12)43-21(50)11-49-28-23(26(45-49)30(37)38)24-17(10-41-24)32(28,39)40/h3-6,8-10,17,20,24,30H,7,11,42H2,1-2H3,(H,43,50)(H,46,47)/t17-,20?,24+/m1/s1. The first-order chi connectivity index (χ1) is 24.8. The monoisotopic (exact) mass is 912 g/mol. The lowest BCUT2D eigenvalue weighted by Gasteiger charge is -2.27. The van der Waals surface area contributed by atoms with Gasteiger partial charge < -0.3 is 11.1 Å². The smallest absolute Gasteiger partial charge is 0.297 e. The molecule has 7 rings (SSSR count). The summed E-state index contributed by atoms with van der Waals surface area (Å²) >= 11 is 12.0. The molecule has 4 N–H and O–H groups in total. The van der Waals surface area contributed by atoms with Crippen LogP contribution in [0.15, 0.2) is 36.4 Å². The van der Waals surface area contributed by atoms with Crippen molar-refractivity contribution in [1.29, 1.82) is 0 Å². The Morgan fingerprint density at radius 3 is 2.40 bits per heavy atom. The summed E-state index contributed by atoms with van der Waals surface area (Å²) in [6.45, 7) is -0.915. The van der Waals surface area contributed by atoms with Crippen LogP contribution in [0.2, 0.25) is 10.2 Å². The van der Waals surface area contributed by atoms with Crippen molar-refractivity contribution in [2.24, 2.45) is 13.0 Å². The van der Waals surface area contributed by atoms with Crippen molar-refractivity contribution in [2.45, 2.75) is 35.3 Å². The minimum Gasteiger partial charge on any atom is -0.396 e. The van der Waals surface area contributed by atoms with E-state index in [-0.39, 0.29) is 61.4 Å². The maximum Gasteiger partial charge on any atom is 0.297 e. The average Bonchev–Trinajstić information content (AvgIpc) is 3.58. The highest BCUT2D eigenvalue weighted by molar-refractivity contribution is 14.2. The summed E-state index contributed by atoms with van der Waals surface area (Å²) in [4.78, 5) is 18.2. The van der Waals surface area contributed by atoms with Crippen molar-refractivity contribution in [2.75, 3.05) is 16.7 Å². The van der Waals surface area contributed by atoms with Crippen molar-refractivity contribution in [3.05, 3.63) is 86.4 Å². The van der Waals surface area contributed by atoms with Crippen LogP contribution in [-0.2, 0) is 40.8 Å². The molecule has 3 atom stereocenters. The normalized spacial score (nSPS) is 18.0. The van der Waals surface area contributed by atoms with Crippen LogP contribution in [0.3, 0.4) is 0 Å². The minimum absolute atomic E-state index is 0.0219. The lowest BCUT2D eigenvalue weighted by molar-refractivity contribution is -0.123. The molecule has 3 aromatic heterocycles. The number of nitrogens with two attached hydrogens (primary N) is 1. The highest BCUT2D eigenvalue weighted by Gasteiger charge is 2.60. The third-order valence-electron chi connectivity index (χ3n) is 8.76. The number of benzene rings is 2. The van der Waals surface area contributed by atoms with Crippen molar-refractivity contribution >= 4 is 86.3 Å². The summed E-state index contributed by atoms with van der Waals surface area (Å²) in [5, 5.41) is 10.7.